The van der Waals surface area contributed by atoms with Crippen LogP contribution in [0.4, 0.5) is 0 Å². The highest BCUT2D eigenvalue weighted by Crippen LogP contribution is 2.30. The van der Waals surface area contributed by atoms with Crippen LogP contribution in [0, 0.1) is 5.41 Å². The minimum atomic E-state index is -0.219. The van der Waals surface area contributed by atoms with Gasteiger partial charge in [0.1, 0.15) is 0 Å². The highest BCUT2D eigenvalue weighted by molar-refractivity contribution is 9.10. The van der Waals surface area contributed by atoms with Crippen LogP contribution >= 0.6 is 15.9 Å². The predicted molar refractivity (Wildman–Crippen MR) is 80.9 cm³/mol. The quantitative estimate of drug-likeness (QED) is 0.893. The molecule has 2 rings (SSSR count). The summed E-state index contributed by atoms with van der Waals surface area (Å²) in [6.45, 7) is 5.86. The monoisotopic (exact) mass is 324 g/mol. The van der Waals surface area contributed by atoms with E-state index in [0.717, 1.165) is 36.0 Å². The second-order valence-electron chi connectivity index (χ2n) is 5.31. The minimum Gasteiger partial charge on any atom is -0.349 e. The van der Waals surface area contributed by atoms with E-state index >= 15 is 0 Å². The number of hydrogen-bond acceptors (Lipinski definition) is 2. The fraction of sp³-hybridized carbons (Fsp3) is 0.533. The van der Waals surface area contributed by atoms with Crippen molar-refractivity contribution in [3.05, 3.63) is 34.3 Å². The summed E-state index contributed by atoms with van der Waals surface area (Å²) in [5.41, 5.74) is 0.914. The van der Waals surface area contributed by atoms with E-state index in [0.29, 0.717) is 0 Å². The summed E-state index contributed by atoms with van der Waals surface area (Å²) in [6.07, 6.45) is 1.82. The number of benzene rings is 1. The maximum absolute atomic E-state index is 12.5. The van der Waals surface area contributed by atoms with Crippen molar-refractivity contribution in [1.29, 1.82) is 0 Å². The Morgan fingerprint density at radius 1 is 1.47 bits per heavy atom. The first-order valence-electron chi connectivity index (χ1n) is 6.84. The molecule has 1 aromatic carbocycles. The van der Waals surface area contributed by atoms with Gasteiger partial charge >= 0.3 is 0 Å². The number of carbonyl (C=O) groups excluding carboxylic acids is 1. The van der Waals surface area contributed by atoms with Crippen molar-refractivity contribution in [2.45, 2.75) is 32.7 Å². The normalized spacial score (nSPS) is 24.2. The van der Waals surface area contributed by atoms with Crippen LogP contribution in [0.1, 0.15) is 38.3 Å². The zero-order chi connectivity index (χ0) is 13.9. The van der Waals surface area contributed by atoms with Crippen LogP contribution in [0.3, 0.4) is 0 Å². The van der Waals surface area contributed by atoms with E-state index in [1.807, 2.05) is 31.2 Å². The molecule has 1 heterocycles. The molecule has 1 amide bonds. The van der Waals surface area contributed by atoms with Gasteiger partial charge in [-0.15, -0.1) is 0 Å². The van der Waals surface area contributed by atoms with Gasteiger partial charge < -0.3 is 10.6 Å². The lowest BCUT2D eigenvalue weighted by Gasteiger charge is -2.27. The van der Waals surface area contributed by atoms with Gasteiger partial charge in [0.15, 0.2) is 0 Å². The molecule has 1 saturated heterocycles. The molecule has 3 nitrogen and oxygen atoms in total. The average molecular weight is 325 g/mol. The molecule has 1 aromatic rings. The highest BCUT2D eigenvalue weighted by atomic mass is 79.9. The molecule has 104 valence electrons. The van der Waals surface area contributed by atoms with Gasteiger partial charge in [-0.3, -0.25) is 4.79 Å². The predicted octanol–water partition coefficient (Wildman–Crippen LogP) is 3.02. The van der Waals surface area contributed by atoms with Crippen LogP contribution < -0.4 is 10.6 Å². The first-order valence-corrected chi connectivity index (χ1v) is 7.64. The van der Waals surface area contributed by atoms with E-state index in [-0.39, 0.29) is 17.4 Å². The van der Waals surface area contributed by atoms with Gasteiger partial charge in [0.2, 0.25) is 5.91 Å². The molecule has 0 radical (unpaired) electrons. The van der Waals surface area contributed by atoms with Gasteiger partial charge in [0.05, 0.1) is 11.5 Å². The Kier molecular flexibility index (Phi) is 4.63. The fourth-order valence-electron chi connectivity index (χ4n) is 2.58. The molecule has 1 fully saturated rings. The average Bonchev–Trinajstić information content (AvgIpc) is 2.89. The Bertz CT molecular complexity index is 438. The maximum atomic E-state index is 12.5. The lowest BCUT2D eigenvalue weighted by Crippen LogP contribution is -2.43. The third-order valence-corrected chi connectivity index (χ3v) is 4.65. The lowest BCUT2D eigenvalue weighted by atomic mass is 9.83. The number of rotatable bonds is 4. The molecular formula is C15H21BrN2O. The third kappa shape index (κ3) is 3.18. The molecule has 1 aliphatic rings. The molecule has 4 heteroatoms. The van der Waals surface area contributed by atoms with E-state index in [9.17, 15) is 4.79 Å². The molecule has 0 spiro atoms. The van der Waals surface area contributed by atoms with Crippen LogP contribution in [0.2, 0.25) is 0 Å². The maximum Gasteiger partial charge on any atom is 0.228 e. The van der Waals surface area contributed by atoms with Gasteiger partial charge in [0, 0.05) is 11.0 Å². The van der Waals surface area contributed by atoms with Gasteiger partial charge in [0.25, 0.3) is 0 Å². The van der Waals surface area contributed by atoms with Crippen molar-refractivity contribution >= 4 is 21.8 Å². The zero-order valence-corrected chi connectivity index (χ0v) is 13.1. The van der Waals surface area contributed by atoms with Crippen LogP contribution in [0.5, 0.6) is 0 Å². The van der Waals surface area contributed by atoms with E-state index < -0.39 is 0 Å². The van der Waals surface area contributed by atoms with E-state index in [4.69, 9.17) is 0 Å². The van der Waals surface area contributed by atoms with Crippen molar-refractivity contribution in [2.75, 3.05) is 13.1 Å². The standard InChI is InChI=1S/C15H21BrN2O/c1-3-15(8-9-17-10-15)14(19)18-11(2)12-4-6-13(16)7-5-12/h4-7,11,17H,3,8-10H2,1-2H3,(H,18,19)/t11-,15?/m0/s1. The SMILES string of the molecule is CCC1(C(=O)N[C@@H](C)c2ccc(Br)cc2)CCNC1. The van der Waals surface area contributed by atoms with Crippen molar-refractivity contribution < 1.29 is 4.79 Å². The Hall–Kier alpha value is -0.870. The van der Waals surface area contributed by atoms with Crippen LogP contribution in [0.25, 0.3) is 0 Å². The fourth-order valence-corrected chi connectivity index (χ4v) is 2.85. The van der Waals surface area contributed by atoms with Crippen molar-refractivity contribution in [2.24, 2.45) is 5.41 Å². The molecule has 2 atom stereocenters. The van der Waals surface area contributed by atoms with E-state index in [1.54, 1.807) is 0 Å². The van der Waals surface area contributed by atoms with E-state index in [2.05, 4.69) is 33.5 Å². The van der Waals surface area contributed by atoms with Crippen LogP contribution in [0.15, 0.2) is 28.7 Å². The molecular weight excluding hydrogens is 304 g/mol. The summed E-state index contributed by atoms with van der Waals surface area (Å²) in [7, 11) is 0. The summed E-state index contributed by atoms with van der Waals surface area (Å²) in [4.78, 5) is 12.5. The molecule has 19 heavy (non-hydrogen) atoms. The number of nitrogens with one attached hydrogen (secondary N) is 2. The third-order valence-electron chi connectivity index (χ3n) is 4.12. The number of amides is 1. The molecule has 1 aliphatic heterocycles. The highest BCUT2D eigenvalue weighted by Gasteiger charge is 2.39. The Morgan fingerprint density at radius 3 is 2.68 bits per heavy atom. The summed E-state index contributed by atoms with van der Waals surface area (Å²) in [6, 6.07) is 8.14. The second kappa shape index (κ2) is 6.06. The van der Waals surface area contributed by atoms with Gasteiger partial charge in [-0.2, -0.15) is 0 Å². The Labute approximate surface area is 123 Å². The summed E-state index contributed by atoms with van der Waals surface area (Å²) in [5, 5.41) is 6.45. The smallest absolute Gasteiger partial charge is 0.228 e. The van der Waals surface area contributed by atoms with E-state index in [1.165, 1.54) is 0 Å². The van der Waals surface area contributed by atoms with Crippen molar-refractivity contribution in [3.63, 3.8) is 0 Å². The molecule has 2 N–H and O–H groups in total. The zero-order valence-electron chi connectivity index (χ0n) is 11.5. The number of hydrogen-bond donors (Lipinski definition) is 2. The Balaban J connectivity index is 2.04. The van der Waals surface area contributed by atoms with Crippen molar-refractivity contribution in [1.82, 2.24) is 10.6 Å². The number of carbonyl (C=O) groups is 1. The van der Waals surface area contributed by atoms with Crippen LogP contribution in [-0.2, 0) is 4.79 Å². The number of halogens is 1. The molecule has 0 aliphatic carbocycles. The molecule has 1 unspecified atom stereocenters. The van der Waals surface area contributed by atoms with Crippen molar-refractivity contribution in [3.8, 4) is 0 Å². The van der Waals surface area contributed by atoms with Gasteiger partial charge in [-0.25, -0.2) is 0 Å². The lowest BCUT2D eigenvalue weighted by molar-refractivity contribution is -0.131. The van der Waals surface area contributed by atoms with Crippen LogP contribution in [-0.4, -0.2) is 19.0 Å². The molecule has 0 bridgehead atoms. The Morgan fingerprint density at radius 2 is 2.16 bits per heavy atom. The summed E-state index contributed by atoms with van der Waals surface area (Å²) in [5.74, 6) is 0.176. The molecule has 0 aromatic heterocycles. The topological polar surface area (TPSA) is 41.1 Å². The minimum absolute atomic E-state index is 0.0459. The van der Waals surface area contributed by atoms with Gasteiger partial charge in [-0.05, 0) is 44.0 Å². The first kappa shape index (κ1) is 14.5. The molecule has 0 saturated carbocycles. The summed E-state index contributed by atoms with van der Waals surface area (Å²) >= 11 is 3.42. The van der Waals surface area contributed by atoms with Gasteiger partial charge in [-0.1, -0.05) is 35.0 Å². The largest absolute Gasteiger partial charge is 0.349 e. The second-order valence-corrected chi connectivity index (χ2v) is 6.22. The summed E-state index contributed by atoms with van der Waals surface area (Å²) < 4.78 is 1.06. The first-order chi connectivity index (χ1) is 9.07.